The number of benzene rings is 2. The minimum atomic E-state index is -0.0553. The summed E-state index contributed by atoms with van der Waals surface area (Å²) in [6.45, 7) is 1.99. The molecule has 2 aromatic heterocycles. The van der Waals surface area contributed by atoms with Gasteiger partial charge in [-0.25, -0.2) is 4.98 Å². The van der Waals surface area contributed by atoms with E-state index in [4.69, 9.17) is 0 Å². The van der Waals surface area contributed by atoms with Crippen molar-refractivity contribution >= 4 is 21.6 Å². The normalized spacial score (nSPS) is 11.0. The summed E-state index contributed by atoms with van der Waals surface area (Å²) >= 11 is 1.52. The summed E-state index contributed by atoms with van der Waals surface area (Å²) < 4.78 is 0. The van der Waals surface area contributed by atoms with Crippen molar-refractivity contribution in [2.45, 2.75) is 13.3 Å². The molecule has 0 radical (unpaired) electrons. The second kappa shape index (κ2) is 6.06. The predicted molar refractivity (Wildman–Crippen MR) is 100 cm³/mol. The van der Waals surface area contributed by atoms with E-state index in [0.29, 0.717) is 5.39 Å². The van der Waals surface area contributed by atoms with E-state index in [2.05, 4.69) is 46.4 Å². The van der Waals surface area contributed by atoms with E-state index in [1.807, 2.05) is 30.5 Å². The van der Waals surface area contributed by atoms with Gasteiger partial charge in [0.25, 0.3) is 5.56 Å². The molecule has 0 aliphatic heterocycles. The van der Waals surface area contributed by atoms with Crippen LogP contribution >= 0.6 is 11.3 Å². The molecule has 0 bridgehead atoms. The largest absolute Gasteiger partial charge is 0.310 e. The number of nitrogens with zero attached hydrogens (tertiary/aromatic N) is 1. The van der Waals surface area contributed by atoms with Gasteiger partial charge in [0.15, 0.2) is 0 Å². The zero-order chi connectivity index (χ0) is 16.5. The molecule has 0 fully saturated rings. The Kier molecular flexibility index (Phi) is 3.75. The smallest absolute Gasteiger partial charge is 0.260 e. The van der Waals surface area contributed by atoms with E-state index in [-0.39, 0.29) is 5.56 Å². The van der Waals surface area contributed by atoms with Crippen LogP contribution in [0.25, 0.3) is 32.5 Å². The zero-order valence-corrected chi connectivity index (χ0v) is 14.1. The minimum Gasteiger partial charge on any atom is -0.310 e. The van der Waals surface area contributed by atoms with Gasteiger partial charge in [-0.1, -0.05) is 61.5 Å². The van der Waals surface area contributed by atoms with Crippen LogP contribution in [0.15, 0.2) is 64.8 Å². The molecular formula is C20H16N2OS. The topological polar surface area (TPSA) is 45.8 Å². The van der Waals surface area contributed by atoms with Crippen molar-refractivity contribution in [1.29, 1.82) is 0 Å². The third-order valence-corrected chi connectivity index (χ3v) is 5.00. The molecule has 24 heavy (non-hydrogen) atoms. The lowest BCUT2D eigenvalue weighted by Gasteiger charge is -2.04. The Labute approximate surface area is 143 Å². The molecule has 4 heteroatoms. The lowest BCUT2D eigenvalue weighted by molar-refractivity contribution is 0.948. The Morgan fingerprint density at radius 2 is 1.62 bits per heavy atom. The van der Waals surface area contributed by atoms with E-state index >= 15 is 0 Å². The number of hydrogen-bond acceptors (Lipinski definition) is 3. The van der Waals surface area contributed by atoms with Crippen molar-refractivity contribution in [3.05, 3.63) is 76.2 Å². The Morgan fingerprint density at radius 3 is 2.33 bits per heavy atom. The lowest BCUT2D eigenvalue weighted by atomic mass is 10.0. The highest BCUT2D eigenvalue weighted by molar-refractivity contribution is 7.17. The first kappa shape index (κ1) is 14.8. The quantitative estimate of drug-likeness (QED) is 0.581. The van der Waals surface area contributed by atoms with Crippen LogP contribution in [0.1, 0.15) is 12.7 Å². The number of fused-ring (bicyclic) bond motifs is 1. The Balaban J connectivity index is 1.80. The molecule has 0 saturated heterocycles. The molecule has 118 valence electrons. The van der Waals surface area contributed by atoms with Gasteiger partial charge in [-0.15, -0.1) is 11.3 Å². The van der Waals surface area contributed by atoms with Crippen LogP contribution in [0.4, 0.5) is 0 Å². The molecule has 0 spiro atoms. The number of aromatic nitrogens is 2. The first-order chi connectivity index (χ1) is 11.8. The molecule has 2 aromatic carbocycles. The van der Waals surface area contributed by atoms with Crippen LogP contribution in [-0.4, -0.2) is 9.97 Å². The van der Waals surface area contributed by atoms with Crippen molar-refractivity contribution in [3.8, 4) is 22.3 Å². The Bertz CT molecular complexity index is 1050. The van der Waals surface area contributed by atoms with Crippen LogP contribution in [0.5, 0.6) is 0 Å². The second-order valence-electron chi connectivity index (χ2n) is 5.64. The molecule has 2 heterocycles. The summed E-state index contributed by atoms with van der Waals surface area (Å²) in [5.41, 5.74) is 4.29. The summed E-state index contributed by atoms with van der Waals surface area (Å²) in [5.74, 6) is 0.736. The molecule has 4 aromatic rings. The van der Waals surface area contributed by atoms with Crippen LogP contribution < -0.4 is 5.56 Å². The van der Waals surface area contributed by atoms with E-state index < -0.39 is 0 Å². The van der Waals surface area contributed by atoms with Crippen molar-refractivity contribution in [2.75, 3.05) is 0 Å². The highest BCUT2D eigenvalue weighted by Crippen LogP contribution is 2.32. The van der Waals surface area contributed by atoms with E-state index in [0.717, 1.165) is 28.2 Å². The van der Waals surface area contributed by atoms with Crippen molar-refractivity contribution in [1.82, 2.24) is 9.97 Å². The van der Waals surface area contributed by atoms with Crippen molar-refractivity contribution in [2.24, 2.45) is 0 Å². The van der Waals surface area contributed by atoms with Crippen molar-refractivity contribution in [3.63, 3.8) is 0 Å². The van der Waals surface area contributed by atoms with Gasteiger partial charge in [0.2, 0.25) is 0 Å². The van der Waals surface area contributed by atoms with Gasteiger partial charge in [-0.3, -0.25) is 4.79 Å². The van der Waals surface area contributed by atoms with Gasteiger partial charge in [0.1, 0.15) is 10.7 Å². The maximum atomic E-state index is 12.4. The third-order valence-electron chi connectivity index (χ3n) is 4.13. The maximum absolute atomic E-state index is 12.4. The molecule has 0 saturated carbocycles. The van der Waals surface area contributed by atoms with Gasteiger partial charge in [-0.05, 0) is 16.7 Å². The fraction of sp³-hybridized carbons (Fsp3) is 0.100. The standard InChI is InChI=1S/C20H16N2OS/c1-2-17-21-19(23)18-16(12-24-20(18)22-17)15-10-8-14(9-11-15)13-6-4-3-5-7-13/h3-12H,2H2,1H3,(H,21,22,23). The highest BCUT2D eigenvalue weighted by Gasteiger charge is 2.12. The predicted octanol–water partition coefficient (Wildman–Crippen LogP) is 4.88. The van der Waals surface area contributed by atoms with Crippen LogP contribution in [0, 0.1) is 0 Å². The summed E-state index contributed by atoms with van der Waals surface area (Å²) in [4.78, 5) is 20.6. The average Bonchev–Trinajstić information content (AvgIpc) is 3.07. The molecule has 0 aliphatic rings. The highest BCUT2D eigenvalue weighted by atomic mass is 32.1. The molecular weight excluding hydrogens is 316 g/mol. The zero-order valence-electron chi connectivity index (χ0n) is 13.2. The summed E-state index contributed by atoms with van der Waals surface area (Å²) in [6, 6.07) is 18.6. The first-order valence-corrected chi connectivity index (χ1v) is 8.80. The number of aromatic amines is 1. The van der Waals surface area contributed by atoms with Gasteiger partial charge in [-0.2, -0.15) is 0 Å². The minimum absolute atomic E-state index is 0.0553. The van der Waals surface area contributed by atoms with E-state index in [9.17, 15) is 4.79 Å². The molecule has 0 atom stereocenters. The van der Waals surface area contributed by atoms with Gasteiger partial charge in [0.05, 0.1) is 5.39 Å². The Hall–Kier alpha value is -2.72. The maximum Gasteiger partial charge on any atom is 0.260 e. The fourth-order valence-corrected chi connectivity index (χ4v) is 3.81. The number of rotatable bonds is 3. The van der Waals surface area contributed by atoms with Crippen LogP contribution in [0.3, 0.4) is 0 Å². The SMILES string of the molecule is CCc1nc2scc(-c3ccc(-c4ccccc4)cc3)c2c(=O)[nH]1. The third kappa shape index (κ3) is 2.55. The monoisotopic (exact) mass is 332 g/mol. The molecule has 0 amide bonds. The molecule has 3 nitrogen and oxygen atoms in total. The summed E-state index contributed by atoms with van der Waals surface area (Å²) in [5, 5.41) is 2.70. The van der Waals surface area contributed by atoms with Crippen LogP contribution in [0.2, 0.25) is 0 Å². The lowest BCUT2D eigenvalue weighted by Crippen LogP contribution is -2.10. The van der Waals surface area contributed by atoms with E-state index in [1.165, 1.54) is 22.5 Å². The number of H-pyrrole nitrogens is 1. The number of nitrogens with one attached hydrogen (secondary N) is 1. The molecule has 0 unspecified atom stereocenters. The van der Waals surface area contributed by atoms with Crippen molar-refractivity contribution < 1.29 is 0 Å². The summed E-state index contributed by atoms with van der Waals surface area (Å²) in [6.07, 6.45) is 0.726. The van der Waals surface area contributed by atoms with E-state index in [1.54, 1.807) is 0 Å². The molecule has 0 aliphatic carbocycles. The summed E-state index contributed by atoms with van der Waals surface area (Å²) in [7, 11) is 0. The first-order valence-electron chi connectivity index (χ1n) is 7.92. The number of aryl methyl sites for hydroxylation is 1. The van der Waals surface area contributed by atoms with Gasteiger partial charge in [0, 0.05) is 17.4 Å². The number of thiophene rings is 1. The fourth-order valence-electron chi connectivity index (χ4n) is 2.85. The second-order valence-corrected chi connectivity index (χ2v) is 6.50. The number of hydrogen-bond donors (Lipinski definition) is 1. The van der Waals surface area contributed by atoms with Gasteiger partial charge >= 0.3 is 0 Å². The van der Waals surface area contributed by atoms with Crippen LogP contribution in [-0.2, 0) is 6.42 Å². The molecule has 4 rings (SSSR count). The molecule has 1 N–H and O–H groups in total. The average molecular weight is 332 g/mol. The van der Waals surface area contributed by atoms with Gasteiger partial charge < -0.3 is 4.98 Å². The Morgan fingerprint density at radius 1 is 0.958 bits per heavy atom.